The average molecular weight is 333 g/mol. The van der Waals surface area contributed by atoms with Crippen LogP contribution in [0.1, 0.15) is 33.1 Å². The fourth-order valence-electron chi connectivity index (χ4n) is 2.04. The van der Waals surface area contributed by atoms with E-state index in [0.717, 1.165) is 38.3 Å². The molecule has 0 aliphatic rings. The normalized spacial score (nSPS) is 12.5. The Morgan fingerprint density at radius 1 is 1.27 bits per heavy atom. The van der Waals surface area contributed by atoms with Crippen LogP contribution in [0.3, 0.4) is 0 Å². The average Bonchev–Trinajstić information content (AvgIpc) is 2.44. The van der Waals surface area contributed by atoms with Gasteiger partial charge in [-0.2, -0.15) is 0 Å². The van der Waals surface area contributed by atoms with E-state index in [9.17, 15) is 8.42 Å². The van der Waals surface area contributed by atoms with Crippen LogP contribution in [0, 0.1) is 0 Å². The number of guanidine groups is 1. The molecule has 0 fully saturated rings. The van der Waals surface area contributed by atoms with Crippen LogP contribution in [0.4, 0.5) is 0 Å². The fraction of sp³-hybridized carbons (Fsp3) is 0.800. The summed E-state index contributed by atoms with van der Waals surface area (Å²) in [6.45, 7) is 11.0. The minimum atomic E-state index is -3.11. The lowest BCUT2D eigenvalue weighted by molar-refractivity contribution is 0.425. The molecule has 0 aromatic heterocycles. The number of aliphatic imine (C=N–C) groups is 1. The van der Waals surface area contributed by atoms with Crippen LogP contribution in [0.25, 0.3) is 0 Å². The van der Waals surface area contributed by atoms with E-state index in [1.165, 1.54) is 10.6 Å². The summed E-state index contributed by atoms with van der Waals surface area (Å²) in [6.07, 6.45) is 5.92. The Labute approximate surface area is 136 Å². The van der Waals surface area contributed by atoms with E-state index in [4.69, 9.17) is 0 Å². The number of rotatable bonds is 11. The van der Waals surface area contributed by atoms with E-state index in [0.29, 0.717) is 19.6 Å². The third-order valence-corrected chi connectivity index (χ3v) is 4.63. The molecule has 0 aromatic carbocycles. The third kappa shape index (κ3) is 9.04. The van der Waals surface area contributed by atoms with Crippen molar-refractivity contribution in [2.75, 3.05) is 46.0 Å². The molecule has 0 unspecified atom stereocenters. The Hall–Kier alpha value is -1.08. The number of hydrogen-bond donors (Lipinski definition) is 1. The molecule has 0 aliphatic heterocycles. The molecular formula is C15H32N4O2S. The van der Waals surface area contributed by atoms with Gasteiger partial charge in [0.25, 0.3) is 0 Å². The zero-order valence-corrected chi connectivity index (χ0v) is 15.3. The zero-order valence-electron chi connectivity index (χ0n) is 14.5. The second-order valence-corrected chi connectivity index (χ2v) is 7.18. The van der Waals surface area contributed by atoms with Gasteiger partial charge in [0, 0.05) is 39.8 Å². The maximum Gasteiger partial charge on any atom is 0.211 e. The molecule has 7 heteroatoms. The molecule has 0 aromatic rings. The molecule has 0 radical (unpaired) electrons. The van der Waals surface area contributed by atoms with Gasteiger partial charge < -0.3 is 10.2 Å². The van der Waals surface area contributed by atoms with Gasteiger partial charge in [0.05, 0.1) is 6.26 Å². The van der Waals surface area contributed by atoms with E-state index in [1.54, 1.807) is 0 Å². The molecule has 130 valence electrons. The van der Waals surface area contributed by atoms with Crippen molar-refractivity contribution in [3.8, 4) is 0 Å². The number of unbranched alkanes of at least 4 members (excludes halogenated alkanes) is 1. The fourth-order valence-corrected chi connectivity index (χ4v) is 2.97. The Balaban J connectivity index is 4.39. The molecule has 0 amide bonds. The highest BCUT2D eigenvalue weighted by Gasteiger charge is 2.13. The molecule has 0 saturated heterocycles. The van der Waals surface area contributed by atoms with Crippen LogP contribution in [-0.4, -0.2) is 69.6 Å². The lowest BCUT2D eigenvalue weighted by Crippen LogP contribution is -2.39. The minimum absolute atomic E-state index is 0.504. The van der Waals surface area contributed by atoms with Gasteiger partial charge in [-0.15, -0.1) is 6.58 Å². The first-order valence-corrected chi connectivity index (χ1v) is 9.77. The largest absolute Gasteiger partial charge is 0.357 e. The smallest absolute Gasteiger partial charge is 0.211 e. The van der Waals surface area contributed by atoms with Gasteiger partial charge in [-0.3, -0.25) is 4.99 Å². The van der Waals surface area contributed by atoms with Crippen molar-refractivity contribution in [1.82, 2.24) is 14.5 Å². The number of allylic oxidation sites excluding steroid dienone is 1. The van der Waals surface area contributed by atoms with Crippen molar-refractivity contribution in [2.45, 2.75) is 33.1 Å². The standard InChI is InChI=1S/C15H32N4O2S/c1-6-9-10-13-18(4)15(16-7-2)17-12-11-14-19(8-3)22(5,20)21/h6H,1,7-14H2,2-5H3,(H,16,17). The molecule has 0 spiro atoms. The van der Waals surface area contributed by atoms with E-state index in [-0.39, 0.29) is 0 Å². The van der Waals surface area contributed by atoms with Gasteiger partial charge in [-0.25, -0.2) is 12.7 Å². The van der Waals surface area contributed by atoms with E-state index in [1.807, 2.05) is 27.0 Å². The van der Waals surface area contributed by atoms with Crippen LogP contribution in [0.15, 0.2) is 17.6 Å². The summed E-state index contributed by atoms with van der Waals surface area (Å²) in [7, 11) is -1.09. The van der Waals surface area contributed by atoms with Crippen LogP contribution >= 0.6 is 0 Å². The molecule has 6 nitrogen and oxygen atoms in total. The highest BCUT2D eigenvalue weighted by atomic mass is 32.2. The lowest BCUT2D eigenvalue weighted by atomic mass is 10.3. The second kappa shape index (κ2) is 11.5. The first kappa shape index (κ1) is 20.9. The highest BCUT2D eigenvalue weighted by molar-refractivity contribution is 7.88. The number of hydrogen-bond acceptors (Lipinski definition) is 3. The summed E-state index contributed by atoms with van der Waals surface area (Å²) in [5.74, 6) is 0.869. The molecule has 0 atom stereocenters. The maximum absolute atomic E-state index is 11.5. The Kier molecular flexibility index (Phi) is 10.9. The Morgan fingerprint density at radius 2 is 1.95 bits per heavy atom. The summed E-state index contributed by atoms with van der Waals surface area (Å²) in [4.78, 5) is 6.66. The van der Waals surface area contributed by atoms with Crippen molar-refractivity contribution in [2.24, 2.45) is 4.99 Å². The molecule has 22 heavy (non-hydrogen) atoms. The molecule has 0 aliphatic carbocycles. The molecule has 0 heterocycles. The summed E-state index contributed by atoms with van der Waals surface area (Å²) < 4.78 is 24.5. The van der Waals surface area contributed by atoms with Gasteiger partial charge in [-0.1, -0.05) is 13.0 Å². The Bertz CT molecular complexity index is 435. The van der Waals surface area contributed by atoms with Gasteiger partial charge in [0.1, 0.15) is 0 Å². The van der Waals surface area contributed by atoms with Gasteiger partial charge in [0.2, 0.25) is 10.0 Å². The van der Waals surface area contributed by atoms with E-state index in [2.05, 4.69) is 21.8 Å². The summed E-state index contributed by atoms with van der Waals surface area (Å²) in [5.41, 5.74) is 0. The topological polar surface area (TPSA) is 65.0 Å². The maximum atomic E-state index is 11.5. The van der Waals surface area contributed by atoms with Crippen molar-refractivity contribution < 1.29 is 8.42 Å². The second-order valence-electron chi connectivity index (χ2n) is 5.20. The van der Waals surface area contributed by atoms with Gasteiger partial charge >= 0.3 is 0 Å². The molecule has 0 bridgehead atoms. The first-order chi connectivity index (χ1) is 10.4. The molecule has 1 N–H and O–H groups in total. The monoisotopic (exact) mass is 332 g/mol. The van der Waals surface area contributed by atoms with Crippen molar-refractivity contribution in [3.63, 3.8) is 0 Å². The quantitative estimate of drug-likeness (QED) is 0.270. The number of sulfonamides is 1. The summed E-state index contributed by atoms with van der Waals surface area (Å²) in [5, 5.41) is 3.26. The predicted molar refractivity (Wildman–Crippen MR) is 94.7 cm³/mol. The van der Waals surface area contributed by atoms with Crippen molar-refractivity contribution >= 4 is 16.0 Å². The van der Waals surface area contributed by atoms with Crippen LogP contribution < -0.4 is 5.32 Å². The number of nitrogens with one attached hydrogen (secondary N) is 1. The van der Waals surface area contributed by atoms with E-state index < -0.39 is 10.0 Å². The van der Waals surface area contributed by atoms with Crippen molar-refractivity contribution in [3.05, 3.63) is 12.7 Å². The minimum Gasteiger partial charge on any atom is -0.357 e. The molecule has 0 saturated carbocycles. The van der Waals surface area contributed by atoms with E-state index >= 15 is 0 Å². The van der Waals surface area contributed by atoms with Gasteiger partial charge in [-0.05, 0) is 26.2 Å². The van der Waals surface area contributed by atoms with Crippen molar-refractivity contribution in [1.29, 1.82) is 0 Å². The summed E-state index contributed by atoms with van der Waals surface area (Å²) >= 11 is 0. The number of nitrogens with zero attached hydrogens (tertiary/aromatic N) is 3. The third-order valence-electron chi connectivity index (χ3n) is 3.25. The first-order valence-electron chi connectivity index (χ1n) is 7.92. The lowest BCUT2D eigenvalue weighted by Gasteiger charge is -2.22. The van der Waals surface area contributed by atoms with Gasteiger partial charge in [0.15, 0.2) is 5.96 Å². The highest BCUT2D eigenvalue weighted by Crippen LogP contribution is 2.00. The summed E-state index contributed by atoms with van der Waals surface area (Å²) in [6, 6.07) is 0. The Morgan fingerprint density at radius 3 is 2.45 bits per heavy atom. The zero-order chi connectivity index (χ0) is 17.0. The van der Waals surface area contributed by atoms with Crippen LogP contribution in [0.5, 0.6) is 0 Å². The SMILES string of the molecule is C=CCCCN(C)C(=NCCCN(CC)S(C)(=O)=O)NCC. The van der Waals surface area contributed by atoms with Crippen LogP contribution in [-0.2, 0) is 10.0 Å². The molecule has 0 rings (SSSR count). The molecular weight excluding hydrogens is 300 g/mol. The predicted octanol–water partition coefficient (Wildman–Crippen LogP) is 1.52. The van der Waals surface area contributed by atoms with Crippen LogP contribution in [0.2, 0.25) is 0 Å².